The molecule has 1 saturated carbocycles. The van der Waals surface area contributed by atoms with Gasteiger partial charge in [0.15, 0.2) is 0 Å². The minimum Gasteiger partial charge on any atom is -0.388 e. The van der Waals surface area contributed by atoms with Crippen molar-refractivity contribution in [2.45, 2.75) is 31.0 Å². The highest BCUT2D eigenvalue weighted by Crippen LogP contribution is 2.32. The number of nitrogens with zero attached hydrogens (tertiary/aromatic N) is 2. The average Bonchev–Trinajstić information content (AvgIpc) is 2.22. The lowest BCUT2D eigenvalue weighted by atomic mass is 9.80. The predicted molar refractivity (Wildman–Crippen MR) is 59.3 cm³/mol. The van der Waals surface area contributed by atoms with Gasteiger partial charge in [-0.1, -0.05) is 11.6 Å². The van der Waals surface area contributed by atoms with Crippen molar-refractivity contribution in [1.29, 1.82) is 0 Å². The van der Waals surface area contributed by atoms with Gasteiger partial charge in [0.05, 0.1) is 5.60 Å². The molecule has 0 aliphatic heterocycles. The fourth-order valence-corrected chi connectivity index (χ4v) is 1.84. The van der Waals surface area contributed by atoms with E-state index >= 15 is 0 Å². The monoisotopic (exact) mass is 281 g/mol. The van der Waals surface area contributed by atoms with E-state index in [1.807, 2.05) is 0 Å². The lowest BCUT2D eigenvalue weighted by molar-refractivity contribution is -0.144. The van der Waals surface area contributed by atoms with Gasteiger partial charge in [-0.3, -0.25) is 0 Å². The highest BCUT2D eigenvalue weighted by molar-refractivity contribution is 6.29. The summed E-state index contributed by atoms with van der Waals surface area (Å²) in [7, 11) is 0. The maximum atomic E-state index is 12.4. The van der Waals surface area contributed by atoms with Crippen LogP contribution in [0.2, 0.25) is 5.15 Å². The van der Waals surface area contributed by atoms with Crippen molar-refractivity contribution in [3.63, 3.8) is 0 Å². The van der Waals surface area contributed by atoms with E-state index in [0.29, 0.717) is 12.8 Å². The van der Waals surface area contributed by atoms with E-state index in [9.17, 15) is 18.3 Å². The molecule has 1 fully saturated rings. The van der Waals surface area contributed by atoms with Crippen LogP contribution in [0, 0.1) is 0 Å². The second kappa shape index (κ2) is 4.55. The van der Waals surface area contributed by atoms with Crippen molar-refractivity contribution in [3.05, 3.63) is 17.0 Å². The lowest BCUT2D eigenvalue weighted by Gasteiger charge is -2.36. The number of alkyl halides is 3. The van der Waals surface area contributed by atoms with Crippen molar-refractivity contribution in [1.82, 2.24) is 9.97 Å². The van der Waals surface area contributed by atoms with Crippen LogP contribution in [-0.4, -0.2) is 27.2 Å². The first-order valence-corrected chi connectivity index (χ1v) is 5.74. The average molecular weight is 282 g/mol. The van der Waals surface area contributed by atoms with Crippen molar-refractivity contribution in [2.24, 2.45) is 0 Å². The van der Waals surface area contributed by atoms with Crippen LogP contribution in [0.5, 0.6) is 0 Å². The Labute approximate surface area is 106 Å². The fourth-order valence-electron chi connectivity index (χ4n) is 1.65. The maximum absolute atomic E-state index is 12.4. The molecule has 2 N–H and O–H groups in total. The van der Waals surface area contributed by atoms with Crippen molar-refractivity contribution >= 4 is 17.4 Å². The summed E-state index contributed by atoms with van der Waals surface area (Å²) in [5.74, 6) is -1.33. The number of rotatable bonds is 3. The molecule has 2 rings (SSSR count). The van der Waals surface area contributed by atoms with Crippen LogP contribution in [0.25, 0.3) is 0 Å². The minimum absolute atomic E-state index is 0.0392. The molecule has 1 aromatic heterocycles. The van der Waals surface area contributed by atoms with Gasteiger partial charge in [-0.2, -0.15) is 13.2 Å². The highest BCUT2D eigenvalue weighted by Gasteiger charge is 2.36. The van der Waals surface area contributed by atoms with Gasteiger partial charge in [-0.05, 0) is 19.3 Å². The van der Waals surface area contributed by atoms with Gasteiger partial charge in [-0.25, -0.2) is 9.97 Å². The van der Waals surface area contributed by atoms with Gasteiger partial charge in [-0.15, -0.1) is 0 Å². The van der Waals surface area contributed by atoms with Gasteiger partial charge >= 0.3 is 6.18 Å². The van der Waals surface area contributed by atoms with Crippen molar-refractivity contribution in [2.75, 3.05) is 11.9 Å². The van der Waals surface area contributed by atoms with Crippen LogP contribution < -0.4 is 5.32 Å². The van der Waals surface area contributed by atoms with Gasteiger partial charge in [0.2, 0.25) is 5.82 Å². The molecule has 0 atom stereocenters. The van der Waals surface area contributed by atoms with E-state index in [0.717, 1.165) is 6.42 Å². The molecular formula is C10H11ClF3N3O. The lowest BCUT2D eigenvalue weighted by Crippen LogP contribution is -2.43. The van der Waals surface area contributed by atoms with E-state index < -0.39 is 17.6 Å². The summed E-state index contributed by atoms with van der Waals surface area (Å²) >= 11 is 5.50. The summed E-state index contributed by atoms with van der Waals surface area (Å²) < 4.78 is 37.3. The van der Waals surface area contributed by atoms with Crippen molar-refractivity contribution < 1.29 is 18.3 Å². The van der Waals surface area contributed by atoms with Gasteiger partial charge in [0.25, 0.3) is 0 Å². The SMILES string of the molecule is OC1(CNc2cc(Cl)nc(C(F)(F)F)n2)CCC1. The first-order chi connectivity index (χ1) is 8.28. The first-order valence-electron chi connectivity index (χ1n) is 5.37. The smallest absolute Gasteiger partial charge is 0.388 e. The molecule has 100 valence electrons. The zero-order valence-electron chi connectivity index (χ0n) is 9.26. The number of halogens is 4. The van der Waals surface area contributed by atoms with E-state index in [1.54, 1.807) is 0 Å². The summed E-state index contributed by atoms with van der Waals surface area (Å²) in [6.45, 7) is 0.150. The summed E-state index contributed by atoms with van der Waals surface area (Å²) in [6, 6.07) is 1.19. The number of anilines is 1. The third kappa shape index (κ3) is 3.02. The quantitative estimate of drug-likeness (QED) is 0.836. The normalized spacial score (nSPS) is 18.3. The molecular weight excluding hydrogens is 271 g/mol. The maximum Gasteiger partial charge on any atom is 0.451 e. The molecule has 0 saturated heterocycles. The zero-order valence-corrected chi connectivity index (χ0v) is 10.0. The summed E-state index contributed by atoms with van der Waals surface area (Å²) in [5, 5.41) is 12.2. The number of aromatic nitrogens is 2. The number of nitrogens with one attached hydrogen (secondary N) is 1. The molecule has 1 aliphatic carbocycles. The summed E-state index contributed by atoms with van der Waals surface area (Å²) in [5.41, 5.74) is -0.851. The summed E-state index contributed by atoms with van der Waals surface area (Å²) in [4.78, 5) is 6.43. The molecule has 18 heavy (non-hydrogen) atoms. The molecule has 4 nitrogen and oxygen atoms in total. The van der Waals surface area contributed by atoms with Crippen LogP contribution >= 0.6 is 11.6 Å². The number of aliphatic hydroxyl groups is 1. The minimum atomic E-state index is -4.64. The Balaban J connectivity index is 2.10. The Kier molecular flexibility index (Phi) is 3.37. The molecule has 0 aromatic carbocycles. The molecule has 0 amide bonds. The van der Waals surface area contributed by atoms with E-state index in [1.165, 1.54) is 6.07 Å². The Bertz CT molecular complexity index is 448. The second-order valence-electron chi connectivity index (χ2n) is 4.33. The molecule has 8 heteroatoms. The molecule has 1 heterocycles. The molecule has 0 unspecified atom stereocenters. The zero-order chi connectivity index (χ0) is 13.4. The van der Waals surface area contributed by atoms with E-state index in [4.69, 9.17) is 11.6 Å². The third-order valence-electron chi connectivity index (χ3n) is 2.83. The molecule has 1 aliphatic rings. The van der Waals surface area contributed by atoms with Crippen LogP contribution in [0.3, 0.4) is 0 Å². The fraction of sp³-hybridized carbons (Fsp3) is 0.600. The Hall–Kier alpha value is -1.08. The molecule has 1 aromatic rings. The van der Waals surface area contributed by atoms with Crippen LogP contribution in [0.15, 0.2) is 6.07 Å². The number of hydrogen-bond donors (Lipinski definition) is 2. The van der Waals surface area contributed by atoms with E-state index in [-0.39, 0.29) is 17.5 Å². The molecule has 0 spiro atoms. The Morgan fingerprint density at radius 3 is 2.56 bits per heavy atom. The topological polar surface area (TPSA) is 58.0 Å². The Morgan fingerprint density at radius 2 is 2.06 bits per heavy atom. The second-order valence-corrected chi connectivity index (χ2v) is 4.72. The largest absolute Gasteiger partial charge is 0.451 e. The highest BCUT2D eigenvalue weighted by atomic mass is 35.5. The van der Waals surface area contributed by atoms with Gasteiger partial charge < -0.3 is 10.4 Å². The molecule has 0 bridgehead atoms. The third-order valence-corrected chi connectivity index (χ3v) is 3.02. The standard InChI is InChI=1S/C10H11ClF3N3O/c11-6-4-7(15-5-9(18)2-1-3-9)17-8(16-6)10(12,13)14/h4,18H,1-3,5H2,(H,15,16,17). The first kappa shape index (κ1) is 13.4. The number of hydrogen-bond acceptors (Lipinski definition) is 4. The van der Waals surface area contributed by atoms with Crippen molar-refractivity contribution in [3.8, 4) is 0 Å². The van der Waals surface area contributed by atoms with Crippen LogP contribution in [0.1, 0.15) is 25.1 Å². The van der Waals surface area contributed by atoms with Crippen LogP contribution in [0.4, 0.5) is 19.0 Å². The summed E-state index contributed by atoms with van der Waals surface area (Å²) in [6.07, 6.45) is -2.47. The molecule has 0 radical (unpaired) electrons. The van der Waals surface area contributed by atoms with Gasteiger partial charge in [0.1, 0.15) is 11.0 Å². The Morgan fingerprint density at radius 1 is 1.39 bits per heavy atom. The predicted octanol–water partition coefficient (Wildman–Crippen LogP) is 2.48. The van der Waals surface area contributed by atoms with E-state index in [2.05, 4.69) is 15.3 Å². The van der Waals surface area contributed by atoms with Gasteiger partial charge in [0, 0.05) is 12.6 Å². The van der Waals surface area contributed by atoms with Crippen LogP contribution in [-0.2, 0) is 6.18 Å².